The highest BCUT2D eigenvalue weighted by molar-refractivity contribution is 5.89. The molecule has 1 aromatic carbocycles. The Morgan fingerprint density at radius 2 is 1.92 bits per heavy atom. The number of furan rings is 1. The minimum Gasteiger partial charge on any atom is -0.486 e. The molecule has 0 unspecified atom stereocenters. The molecule has 0 radical (unpaired) electrons. The van der Waals surface area contributed by atoms with Gasteiger partial charge in [0.2, 0.25) is 0 Å². The van der Waals surface area contributed by atoms with Gasteiger partial charge in [-0.15, -0.1) is 0 Å². The lowest BCUT2D eigenvalue weighted by atomic mass is 10.2. The predicted molar refractivity (Wildman–Crippen MR) is 93.0 cm³/mol. The van der Waals surface area contributed by atoms with Gasteiger partial charge in [0.15, 0.2) is 11.5 Å². The number of nitrogens with one attached hydrogen (secondary N) is 2. The van der Waals surface area contributed by atoms with Crippen molar-refractivity contribution in [3.63, 3.8) is 0 Å². The second-order valence-corrected chi connectivity index (χ2v) is 5.53. The minimum absolute atomic E-state index is 0.227. The molecule has 0 spiro atoms. The number of hydrogen-bond donors (Lipinski definition) is 2. The second kappa shape index (κ2) is 7.14. The van der Waals surface area contributed by atoms with Crippen LogP contribution in [0.3, 0.4) is 0 Å². The van der Waals surface area contributed by atoms with Gasteiger partial charge in [-0.25, -0.2) is 4.79 Å². The third-order valence-corrected chi connectivity index (χ3v) is 3.79. The zero-order valence-electron chi connectivity index (χ0n) is 13.8. The molecule has 1 aliphatic heterocycles. The second-order valence-electron chi connectivity index (χ2n) is 5.53. The first-order valence-corrected chi connectivity index (χ1v) is 8.06. The summed E-state index contributed by atoms with van der Waals surface area (Å²) in [7, 11) is 0. The van der Waals surface area contributed by atoms with E-state index >= 15 is 0 Å². The summed E-state index contributed by atoms with van der Waals surface area (Å²) >= 11 is 0. The third-order valence-electron chi connectivity index (χ3n) is 3.79. The fraction of sp³-hybridized carbons (Fsp3) is 0.167. The molecule has 0 bridgehead atoms. The number of rotatable bonds is 4. The van der Waals surface area contributed by atoms with Crippen LogP contribution in [-0.4, -0.2) is 29.2 Å². The lowest BCUT2D eigenvalue weighted by molar-refractivity contribution is 0.171. The van der Waals surface area contributed by atoms with Crippen LogP contribution < -0.4 is 20.1 Å². The molecule has 4 rings (SSSR count). The summed E-state index contributed by atoms with van der Waals surface area (Å²) in [5.41, 5.74) is 2.73. The zero-order chi connectivity index (χ0) is 17.8. The molecule has 0 aliphatic carbocycles. The summed E-state index contributed by atoms with van der Waals surface area (Å²) in [5, 5.41) is 5.54. The molecule has 3 heterocycles. The zero-order valence-corrected chi connectivity index (χ0v) is 13.8. The SMILES string of the molecule is O=C(NCc1nccnc1-c1ccoc1)Nc1ccc2c(c1)OCCO2. The number of anilines is 1. The van der Waals surface area contributed by atoms with Gasteiger partial charge < -0.3 is 24.5 Å². The Labute approximate surface area is 149 Å². The molecule has 2 amide bonds. The number of carbonyl (C=O) groups excluding carboxylic acids is 1. The van der Waals surface area contributed by atoms with Gasteiger partial charge in [-0.1, -0.05) is 0 Å². The van der Waals surface area contributed by atoms with Gasteiger partial charge in [-0.2, -0.15) is 0 Å². The summed E-state index contributed by atoms with van der Waals surface area (Å²) in [6.45, 7) is 1.24. The molecule has 132 valence electrons. The molecular formula is C18H16N4O4. The molecule has 0 saturated heterocycles. The van der Waals surface area contributed by atoms with E-state index in [4.69, 9.17) is 13.9 Å². The van der Waals surface area contributed by atoms with Gasteiger partial charge in [-0.3, -0.25) is 9.97 Å². The van der Waals surface area contributed by atoms with Crippen LogP contribution in [-0.2, 0) is 6.54 Å². The molecule has 8 nitrogen and oxygen atoms in total. The molecule has 26 heavy (non-hydrogen) atoms. The third kappa shape index (κ3) is 3.44. The van der Waals surface area contributed by atoms with E-state index in [1.807, 2.05) is 0 Å². The Bertz CT molecular complexity index is 911. The van der Waals surface area contributed by atoms with Gasteiger partial charge in [0.25, 0.3) is 0 Å². The van der Waals surface area contributed by atoms with E-state index < -0.39 is 0 Å². The van der Waals surface area contributed by atoms with Gasteiger partial charge in [-0.05, 0) is 18.2 Å². The average molecular weight is 352 g/mol. The van der Waals surface area contributed by atoms with Crippen LogP contribution in [0.1, 0.15) is 5.69 Å². The van der Waals surface area contributed by atoms with Gasteiger partial charge >= 0.3 is 6.03 Å². The highest BCUT2D eigenvalue weighted by Gasteiger charge is 2.14. The van der Waals surface area contributed by atoms with Crippen LogP contribution in [0.2, 0.25) is 0 Å². The molecule has 0 atom stereocenters. The maximum Gasteiger partial charge on any atom is 0.319 e. The fourth-order valence-electron chi connectivity index (χ4n) is 2.60. The van der Waals surface area contributed by atoms with Crippen molar-refractivity contribution in [2.75, 3.05) is 18.5 Å². The number of carbonyl (C=O) groups is 1. The number of fused-ring (bicyclic) bond motifs is 1. The van der Waals surface area contributed by atoms with Crippen LogP contribution in [0, 0.1) is 0 Å². The summed E-state index contributed by atoms with van der Waals surface area (Å²) in [4.78, 5) is 20.8. The van der Waals surface area contributed by atoms with Crippen LogP contribution in [0.15, 0.2) is 53.6 Å². The van der Waals surface area contributed by atoms with Crippen molar-refractivity contribution in [2.24, 2.45) is 0 Å². The molecular weight excluding hydrogens is 336 g/mol. The number of nitrogens with zero attached hydrogens (tertiary/aromatic N) is 2. The summed E-state index contributed by atoms with van der Waals surface area (Å²) in [6.07, 6.45) is 6.33. The van der Waals surface area contributed by atoms with Gasteiger partial charge in [0, 0.05) is 29.7 Å². The number of ether oxygens (including phenoxy) is 2. The molecule has 8 heteroatoms. The first-order chi connectivity index (χ1) is 12.8. The smallest absolute Gasteiger partial charge is 0.319 e. The molecule has 2 N–H and O–H groups in total. The maximum atomic E-state index is 12.2. The van der Waals surface area contributed by atoms with Gasteiger partial charge in [0.1, 0.15) is 13.2 Å². The molecule has 2 aromatic heterocycles. The normalized spacial score (nSPS) is 12.5. The lowest BCUT2D eigenvalue weighted by Crippen LogP contribution is -2.29. The Kier molecular flexibility index (Phi) is 4.38. The number of hydrogen-bond acceptors (Lipinski definition) is 6. The van der Waals surface area contributed by atoms with Crippen molar-refractivity contribution < 1.29 is 18.7 Å². The Morgan fingerprint density at radius 3 is 2.77 bits per heavy atom. The first kappa shape index (κ1) is 15.9. The molecule has 0 fully saturated rings. The molecule has 1 aliphatic rings. The van der Waals surface area contributed by atoms with E-state index in [1.54, 1.807) is 49.2 Å². The number of amides is 2. The van der Waals surface area contributed by atoms with E-state index in [9.17, 15) is 4.79 Å². The highest BCUT2D eigenvalue weighted by atomic mass is 16.6. The Balaban J connectivity index is 1.41. The standard InChI is InChI=1S/C18H16N4O4/c23-18(22-13-1-2-15-16(9-13)26-8-7-25-15)21-10-14-17(20-5-4-19-14)12-3-6-24-11-12/h1-6,9,11H,7-8,10H2,(H2,21,22,23). The summed E-state index contributed by atoms with van der Waals surface area (Å²) in [6, 6.07) is 6.69. The lowest BCUT2D eigenvalue weighted by Gasteiger charge is -2.19. The Hall–Kier alpha value is -3.55. The van der Waals surface area contributed by atoms with Crippen molar-refractivity contribution in [1.29, 1.82) is 0 Å². The summed E-state index contributed by atoms with van der Waals surface area (Å²) < 4.78 is 16.1. The van der Waals surface area contributed by atoms with Crippen molar-refractivity contribution in [1.82, 2.24) is 15.3 Å². The van der Waals surface area contributed by atoms with Crippen LogP contribution >= 0.6 is 0 Å². The van der Waals surface area contributed by atoms with E-state index in [2.05, 4.69) is 20.6 Å². The predicted octanol–water partition coefficient (Wildman–Crippen LogP) is 2.83. The minimum atomic E-state index is -0.356. The first-order valence-electron chi connectivity index (χ1n) is 8.06. The van der Waals surface area contributed by atoms with E-state index in [0.717, 1.165) is 5.56 Å². The van der Waals surface area contributed by atoms with E-state index in [1.165, 1.54) is 0 Å². The van der Waals surface area contributed by atoms with Crippen LogP contribution in [0.4, 0.5) is 10.5 Å². The monoisotopic (exact) mass is 352 g/mol. The van der Waals surface area contributed by atoms with Crippen molar-refractivity contribution in [3.8, 4) is 22.8 Å². The quantitative estimate of drug-likeness (QED) is 0.749. The maximum absolute atomic E-state index is 12.2. The van der Waals surface area contributed by atoms with Crippen LogP contribution in [0.25, 0.3) is 11.3 Å². The highest BCUT2D eigenvalue weighted by Crippen LogP contribution is 2.32. The largest absolute Gasteiger partial charge is 0.486 e. The summed E-state index contributed by atoms with van der Waals surface area (Å²) in [5.74, 6) is 1.29. The van der Waals surface area contributed by atoms with E-state index in [0.29, 0.717) is 41.8 Å². The topological polar surface area (TPSA) is 98.5 Å². The fourth-order valence-corrected chi connectivity index (χ4v) is 2.60. The van der Waals surface area contributed by atoms with Gasteiger partial charge in [0.05, 0.1) is 30.5 Å². The van der Waals surface area contributed by atoms with Crippen LogP contribution in [0.5, 0.6) is 11.5 Å². The average Bonchev–Trinajstić information content (AvgIpc) is 3.21. The Morgan fingerprint density at radius 1 is 1.08 bits per heavy atom. The molecule has 0 saturated carbocycles. The number of benzene rings is 1. The van der Waals surface area contributed by atoms with E-state index in [-0.39, 0.29) is 12.6 Å². The van der Waals surface area contributed by atoms with Crippen molar-refractivity contribution in [3.05, 3.63) is 54.9 Å². The molecule has 3 aromatic rings. The van der Waals surface area contributed by atoms with Crippen molar-refractivity contribution >= 4 is 11.7 Å². The number of urea groups is 1. The van der Waals surface area contributed by atoms with Crippen molar-refractivity contribution in [2.45, 2.75) is 6.54 Å². The number of aromatic nitrogens is 2.